The topological polar surface area (TPSA) is 115 Å². The molecule has 0 aliphatic carbocycles. The maximum Gasteiger partial charge on any atom is 0.339 e. The van der Waals surface area contributed by atoms with Crippen molar-refractivity contribution >= 4 is 38.5 Å². The first-order chi connectivity index (χ1) is 16.8. The third kappa shape index (κ3) is 5.67. The van der Waals surface area contributed by atoms with Gasteiger partial charge in [-0.15, -0.1) is 0 Å². The second kappa shape index (κ2) is 10.5. The number of carbonyl (C=O) groups is 2. The van der Waals surface area contributed by atoms with E-state index in [1.54, 1.807) is 30.3 Å². The first kappa shape index (κ1) is 24.8. The monoisotopic (exact) mass is 497 g/mol. The van der Waals surface area contributed by atoms with Crippen molar-refractivity contribution in [2.75, 3.05) is 38.2 Å². The number of sulfonamides is 1. The van der Waals surface area contributed by atoms with E-state index >= 15 is 0 Å². The Morgan fingerprint density at radius 3 is 2.57 bits per heavy atom. The lowest BCUT2D eigenvalue weighted by Gasteiger charge is -2.26. The minimum atomic E-state index is -3.70. The Hall–Kier alpha value is -3.34. The lowest BCUT2D eigenvalue weighted by atomic mass is 10.0. The van der Waals surface area contributed by atoms with E-state index in [0.29, 0.717) is 29.7 Å². The van der Waals surface area contributed by atoms with Gasteiger partial charge in [-0.3, -0.25) is 9.78 Å². The number of nitrogens with zero attached hydrogens (tertiary/aromatic N) is 2. The number of hydrogen-bond acceptors (Lipinski definition) is 7. The Morgan fingerprint density at radius 2 is 1.83 bits per heavy atom. The summed E-state index contributed by atoms with van der Waals surface area (Å²) in [5.74, 6) is -1.11. The van der Waals surface area contributed by atoms with Gasteiger partial charge in [-0.1, -0.05) is 38.1 Å². The molecule has 1 aliphatic heterocycles. The van der Waals surface area contributed by atoms with E-state index in [2.05, 4.69) is 10.3 Å². The van der Waals surface area contributed by atoms with Gasteiger partial charge in [0, 0.05) is 29.9 Å². The molecule has 184 valence electrons. The van der Waals surface area contributed by atoms with Crippen molar-refractivity contribution in [2.24, 2.45) is 0 Å². The van der Waals surface area contributed by atoms with E-state index in [0.717, 1.165) is 5.69 Å². The van der Waals surface area contributed by atoms with Gasteiger partial charge in [0.15, 0.2) is 6.61 Å². The molecule has 4 rings (SSSR count). The Labute approximate surface area is 204 Å². The predicted octanol–water partition coefficient (Wildman–Crippen LogP) is 3.17. The first-order valence-electron chi connectivity index (χ1n) is 11.3. The van der Waals surface area contributed by atoms with E-state index in [9.17, 15) is 18.0 Å². The highest BCUT2D eigenvalue weighted by molar-refractivity contribution is 7.89. The van der Waals surface area contributed by atoms with Crippen LogP contribution in [0.3, 0.4) is 0 Å². The molecular formula is C25H27N3O6S. The number of fused-ring (bicyclic) bond motifs is 1. The summed E-state index contributed by atoms with van der Waals surface area (Å²) in [6.45, 7) is 4.67. The number of anilines is 1. The fraction of sp³-hybridized carbons (Fsp3) is 0.320. The molecule has 0 unspecified atom stereocenters. The number of esters is 1. The normalized spacial score (nSPS) is 14.7. The van der Waals surface area contributed by atoms with Crippen molar-refractivity contribution in [2.45, 2.75) is 24.7 Å². The number of morpholine rings is 1. The van der Waals surface area contributed by atoms with Gasteiger partial charge in [0.05, 0.1) is 29.2 Å². The second-order valence-electron chi connectivity index (χ2n) is 8.44. The largest absolute Gasteiger partial charge is 0.452 e. The van der Waals surface area contributed by atoms with Crippen molar-refractivity contribution in [3.05, 3.63) is 65.9 Å². The molecule has 2 aromatic carbocycles. The minimum absolute atomic E-state index is 0.0682. The number of hydrogen-bond donors (Lipinski definition) is 1. The molecular weight excluding hydrogens is 470 g/mol. The Morgan fingerprint density at radius 1 is 1.09 bits per heavy atom. The van der Waals surface area contributed by atoms with Crippen molar-refractivity contribution in [1.82, 2.24) is 9.29 Å². The van der Waals surface area contributed by atoms with Gasteiger partial charge in [-0.25, -0.2) is 13.2 Å². The van der Waals surface area contributed by atoms with E-state index in [-0.39, 0.29) is 29.6 Å². The molecule has 1 saturated heterocycles. The van der Waals surface area contributed by atoms with E-state index < -0.39 is 28.5 Å². The van der Waals surface area contributed by atoms with Gasteiger partial charge in [-0.2, -0.15) is 4.31 Å². The predicted molar refractivity (Wildman–Crippen MR) is 131 cm³/mol. The summed E-state index contributed by atoms with van der Waals surface area (Å²) in [5, 5.41) is 3.24. The molecule has 0 atom stereocenters. The zero-order valence-electron chi connectivity index (χ0n) is 19.6. The van der Waals surface area contributed by atoms with Crippen LogP contribution in [0.1, 0.15) is 35.8 Å². The number of para-hydroxylation sites is 1. The first-order valence-corrected chi connectivity index (χ1v) is 12.7. The fourth-order valence-electron chi connectivity index (χ4n) is 3.74. The van der Waals surface area contributed by atoms with Crippen LogP contribution < -0.4 is 5.32 Å². The number of aromatic nitrogens is 1. The minimum Gasteiger partial charge on any atom is -0.452 e. The van der Waals surface area contributed by atoms with Gasteiger partial charge in [0.2, 0.25) is 10.0 Å². The van der Waals surface area contributed by atoms with Crippen molar-refractivity contribution in [1.29, 1.82) is 0 Å². The van der Waals surface area contributed by atoms with Gasteiger partial charge < -0.3 is 14.8 Å². The van der Waals surface area contributed by atoms with E-state index in [1.807, 2.05) is 26.0 Å². The van der Waals surface area contributed by atoms with Crippen LogP contribution in [0.25, 0.3) is 10.9 Å². The molecule has 10 heteroatoms. The van der Waals surface area contributed by atoms with Crippen LogP contribution in [0.15, 0.2) is 59.5 Å². The lowest BCUT2D eigenvalue weighted by Crippen LogP contribution is -2.40. The number of nitrogens with one attached hydrogen (secondary N) is 1. The standard InChI is InChI=1S/C25H27N3O6S/c1-17(2)23-15-21(20-8-3-4-9-22(20)27-23)25(30)34-16-24(29)26-18-6-5-7-19(14-18)35(31,32)28-10-12-33-13-11-28/h3-9,14-15,17H,10-13,16H2,1-2H3,(H,26,29). The molecule has 35 heavy (non-hydrogen) atoms. The van der Waals surface area contributed by atoms with Crippen LogP contribution in [-0.2, 0) is 24.3 Å². The third-order valence-electron chi connectivity index (χ3n) is 5.61. The number of amides is 1. The number of ether oxygens (including phenoxy) is 2. The smallest absolute Gasteiger partial charge is 0.339 e. The van der Waals surface area contributed by atoms with Crippen LogP contribution in [0, 0.1) is 0 Å². The second-order valence-corrected chi connectivity index (χ2v) is 10.4. The highest BCUT2D eigenvalue weighted by atomic mass is 32.2. The maximum absolute atomic E-state index is 12.9. The van der Waals surface area contributed by atoms with Gasteiger partial charge in [-0.05, 0) is 36.2 Å². The fourth-order valence-corrected chi connectivity index (χ4v) is 5.19. The quantitative estimate of drug-likeness (QED) is 0.499. The summed E-state index contributed by atoms with van der Waals surface area (Å²) in [5.41, 5.74) is 2.05. The van der Waals surface area contributed by atoms with Crippen molar-refractivity contribution < 1.29 is 27.5 Å². The zero-order chi connectivity index (χ0) is 25.0. The third-order valence-corrected chi connectivity index (χ3v) is 7.50. The highest BCUT2D eigenvalue weighted by Crippen LogP contribution is 2.24. The Kier molecular flexibility index (Phi) is 7.44. The van der Waals surface area contributed by atoms with Crippen LogP contribution in [-0.4, -0.2) is 62.5 Å². The summed E-state index contributed by atoms with van der Waals surface area (Å²) >= 11 is 0. The summed E-state index contributed by atoms with van der Waals surface area (Å²) in [4.78, 5) is 30.0. The summed E-state index contributed by atoms with van der Waals surface area (Å²) in [7, 11) is -3.70. The van der Waals surface area contributed by atoms with Crippen LogP contribution in [0.5, 0.6) is 0 Å². The zero-order valence-corrected chi connectivity index (χ0v) is 20.4. The SMILES string of the molecule is CC(C)c1cc(C(=O)OCC(=O)Nc2cccc(S(=O)(=O)N3CCOCC3)c2)c2ccccc2n1. The molecule has 9 nitrogen and oxygen atoms in total. The molecule has 1 aliphatic rings. The molecule has 1 amide bonds. The molecule has 0 saturated carbocycles. The number of benzene rings is 2. The van der Waals surface area contributed by atoms with Gasteiger partial charge in [0.1, 0.15) is 0 Å². The average Bonchev–Trinajstić information content (AvgIpc) is 2.87. The molecule has 1 N–H and O–H groups in total. The van der Waals surface area contributed by atoms with Gasteiger partial charge in [0.25, 0.3) is 5.91 Å². The summed E-state index contributed by atoms with van der Waals surface area (Å²) < 4.78 is 37.6. The van der Waals surface area contributed by atoms with Crippen LogP contribution in [0.4, 0.5) is 5.69 Å². The van der Waals surface area contributed by atoms with Crippen molar-refractivity contribution in [3.8, 4) is 0 Å². The van der Waals surface area contributed by atoms with E-state index in [1.165, 1.54) is 16.4 Å². The molecule has 1 fully saturated rings. The molecule has 0 spiro atoms. The number of rotatable bonds is 7. The molecule has 0 radical (unpaired) electrons. The lowest BCUT2D eigenvalue weighted by molar-refractivity contribution is -0.119. The summed E-state index contributed by atoms with van der Waals surface area (Å²) in [6, 6.07) is 14.9. The number of pyridine rings is 1. The molecule has 2 heterocycles. The average molecular weight is 498 g/mol. The Bertz CT molecular complexity index is 1350. The molecule has 1 aromatic heterocycles. The van der Waals surface area contributed by atoms with Gasteiger partial charge >= 0.3 is 5.97 Å². The summed E-state index contributed by atoms with van der Waals surface area (Å²) in [6.07, 6.45) is 0. The number of carbonyl (C=O) groups excluding carboxylic acids is 2. The Balaban J connectivity index is 1.44. The van der Waals surface area contributed by atoms with E-state index in [4.69, 9.17) is 9.47 Å². The van der Waals surface area contributed by atoms with Crippen LogP contribution in [0.2, 0.25) is 0 Å². The highest BCUT2D eigenvalue weighted by Gasteiger charge is 2.26. The maximum atomic E-state index is 12.9. The molecule has 3 aromatic rings. The van der Waals surface area contributed by atoms with Crippen LogP contribution >= 0.6 is 0 Å². The molecule has 0 bridgehead atoms. The van der Waals surface area contributed by atoms with Crippen molar-refractivity contribution in [3.63, 3.8) is 0 Å².